The number of nitriles is 1. The van der Waals surface area contributed by atoms with E-state index in [0.717, 1.165) is 11.6 Å². The maximum Gasteiger partial charge on any atom is 0.242 e. The van der Waals surface area contributed by atoms with Crippen LogP contribution in [0.4, 0.5) is 10.1 Å². The predicted molar refractivity (Wildman–Crippen MR) is 79.3 cm³/mol. The van der Waals surface area contributed by atoms with E-state index in [1.807, 2.05) is 36.4 Å². The second-order valence-corrected chi connectivity index (χ2v) is 4.89. The summed E-state index contributed by atoms with van der Waals surface area (Å²) in [5, 5.41) is 11.9. The zero-order valence-electron chi connectivity index (χ0n) is 11.0. The Bertz CT molecular complexity index is 682. The normalized spacial score (nSPS) is 11.5. The molecule has 3 nitrogen and oxygen atoms in total. The molecule has 0 radical (unpaired) electrons. The summed E-state index contributed by atoms with van der Waals surface area (Å²) in [7, 11) is 0. The molecule has 0 aromatic heterocycles. The van der Waals surface area contributed by atoms with Crippen molar-refractivity contribution in [3.63, 3.8) is 0 Å². The topological polar surface area (TPSA) is 52.9 Å². The molecule has 2 rings (SSSR count). The van der Waals surface area contributed by atoms with E-state index < -0.39 is 17.6 Å². The minimum Gasteiger partial charge on any atom is -0.324 e. The first-order chi connectivity index (χ1) is 10.1. The van der Waals surface area contributed by atoms with E-state index in [4.69, 9.17) is 16.9 Å². The number of halogens is 2. The fourth-order valence-electron chi connectivity index (χ4n) is 1.86. The predicted octanol–water partition coefficient (Wildman–Crippen LogP) is 3.80. The van der Waals surface area contributed by atoms with Crippen LogP contribution in [0.1, 0.15) is 5.56 Å². The zero-order valence-corrected chi connectivity index (χ0v) is 11.8. The molecule has 0 saturated heterocycles. The van der Waals surface area contributed by atoms with E-state index in [2.05, 4.69) is 5.32 Å². The molecule has 1 unspecified atom stereocenters. The Labute approximate surface area is 127 Å². The number of hydrogen-bond donors (Lipinski definition) is 1. The fraction of sp³-hybridized carbons (Fsp3) is 0.125. The van der Waals surface area contributed by atoms with Crippen LogP contribution in [0, 0.1) is 23.1 Å². The first-order valence-electron chi connectivity index (χ1n) is 6.29. The van der Waals surface area contributed by atoms with Gasteiger partial charge in [-0.25, -0.2) is 4.39 Å². The molecule has 0 heterocycles. The number of carbonyl (C=O) groups is 1. The number of nitrogens with zero attached hydrogens (tertiary/aromatic N) is 1. The summed E-state index contributed by atoms with van der Waals surface area (Å²) in [5.41, 5.74) is 1.04. The molecule has 1 N–H and O–H groups in total. The maximum absolute atomic E-state index is 13.2. The van der Waals surface area contributed by atoms with E-state index >= 15 is 0 Å². The van der Waals surface area contributed by atoms with Gasteiger partial charge in [0.25, 0.3) is 0 Å². The third-order valence-corrected chi connectivity index (χ3v) is 3.27. The minimum atomic E-state index is -0.869. The Morgan fingerprint density at radius 1 is 1.29 bits per heavy atom. The highest BCUT2D eigenvalue weighted by Crippen LogP contribution is 2.23. The van der Waals surface area contributed by atoms with E-state index in [1.54, 1.807) is 0 Å². The van der Waals surface area contributed by atoms with Crippen molar-refractivity contribution in [2.24, 2.45) is 5.92 Å². The van der Waals surface area contributed by atoms with Crippen molar-refractivity contribution in [3.8, 4) is 6.07 Å². The molecule has 0 spiro atoms. The summed E-state index contributed by atoms with van der Waals surface area (Å²) in [4.78, 5) is 12.1. The monoisotopic (exact) mass is 302 g/mol. The van der Waals surface area contributed by atoms with Gasteiger partial charge >= 0.3 is 0 Å². The van der Waals surface area contributed by atoms with Crippen molar-refractivity contribution < 1.29 is 9.18 Å². The standard InChI is InChI=1S/C16H12ClFN2O/c17-14-7-6-13(18)9-15(14)20-16(21)12(10-19)8-11-4-2-1-3-5-11/h1-7,9,12H,8H2,(H,20,21). The Kier molecular flexibility index (Phi) is 4.91. The van der Waals surface area contributed by atoms with E-state index in [-0.39, 0.29) is 17.1 Å². The smallest absolute Gasteiger partial charge is 0.242 e. The van der Waals surface area contributed by atoms with Crippen LogP contribution in [-0.2, 0) is 11.2 Å². The average molecular weight is 303 g/mol. The molecule has 0 aliphatic carbocycles. The van der Waals surface area contributed by atoms with Crippen molar-refractivity contribution in [1.29, 1.82) is 5.26 Å². The lowest BCUT2D eigenvalue weighted by atomic mass is 10.00. The number of benzene rings is 2. The molecular formula is C16H12ClFN2O. The molecule has 0 aliphatic heterocycles. The highest BCUT2D eigenvalue weighted by Gasteiger charge is 2.19. The first-order valence-corrected chi connectivity index (χ1v) is 6.67. The Hall–Kier alpha value is -2.38. The number of carbonyl (C=O) groups excluding carboxylic acids is 1. The lowest BCUT2D eigenvalue weighted by Crippen LogP contribution is -2.23. The van der Waals surface area contributed by atoms with Crippen molar-refractivity contribution in [2.45, 2.75) is 6.42 Å². The number of nitrogens with one attached hydrogen (secondary N) is 1. The molecule has 1 amide bonds. The molecule has 0 fully saturated rings. The van der Waals surface area contributed by atoms with E-state index in [9.17, 15) is 9.18 Å². The summed E-state index contributed by atoms with van der Waals surface area (Å²) in [6, 6.07) is 14.8. The third-order valence-electron chi connectivity index (χ3n) is 2.94. The number of hydrogen-bond acceptors (Lipinski definition) is 2. The van der Waals surface area contributed by atoms with Crippen LogP contribution in [0.25, 0.3) is 0 Å². The van der Waals surface area contributed by atoms with Gasteiger partial charge in [0.15, 0.2) is 0 Å². The van der Waals surface area contributed by atoms with Crippen LogP contribution in [0.5, 0.6) is 0 Å². The summed E-state index contributed by atoms with van der Waals surface area (Å²) in [6.07, 6.45) is 0.288. The largest absolute Gasteiger partial charge is 0.324 e. The first kappa shape index (κ1) is 15.0. The van der Waals surface area contributed by atoms with Crippen molar-refractivity contribution in [1.82, 2.24) is 0 Å². The second kappa shape index (κ2) is 6.87. The molecular weight excluding hydrogens is 291 g/mol. The fourth-order valence-corrected chi connectivity index (χ4v) is 2.02. The van der Waals surface area contributed by atoms with Gasteiger partial charge in [0, 0.05) is 0 Å². The number of anilines is 1. The molecule has 0 bridgehead atoms. The van der Waals surface area contributed by atoms with Gasteiger partial charge < -0.3 is 5.32 Å². The van der Waals surface area contributed by atoms with Crippen LogP contribution >= 0.6 is 11.6 Å². The van der Waals surface area contributed by atoms with Crippen molar-refractivity contribution in [3.05, 3.63) is 64.9 Å². The second-order valence-electron chi connectivity index (χ2n) is 4.48. The SMILES string of the molecule is N#CC(Cc1ccccc1)C(=O)Nc1cc(F)ccc1Cl. The zero-order chi connectivity index (χ0) is 15.2. The van der Waals surface area contributed by atoms with Crippen LogP contribution in [0.2, 0.25) is 5.02 Å². The van der Waals surface area contributed by atoms with Gasteiger partial charge in [-0.05, 0) is 30.2 Å². The Morgan fingerprint density at radius 2 is 2.00 bits per heavy atom. The number of rotatable bonds is 4. The van der Waals surface area contributed by atoms with Crippen molar-refractivity contribution >= 4 is 23.2 Å². The quantitative estimate of drug-likeness (QED) is 0.934. The molecule has 2 aromatic carbocycles. The van der Waals surface area contributed by atoms with Gasteiger partial charge in [0.1, 0.15) is 11.7 Å². The highest BCUT2D eigenvalue weighted by molar-refractivity contribution is 6.33. The molecule has 1 atom stereocenters. The van der Waals surface area contributed by atoms with Crippen LogP contribution in [-0.4, -0.2) is 5.91 Å². The summed E-state index contributed by atoms with van der Waals surface area (Å²) in [5.74, 6) is -1.88. The van der Waals surface area contributed by atoms with Gasteiger partial charge in [-0.3, -0.25) is 4.79 Å². The molecule has 106 valence electrons. The lowest BCUT2D eigenvalue weighted by molar-refractivity contribution is -0.118. The highest BCUT2D eigenvalue weighted by atomic mass is 35.5. The molecule has 0 aliphatic rings. The summed E-state index contributed by atoms with van der Waals surface area (Å²) >= 11 is 5.88. The van der Waals surface area contributed by atoms with E-state index in [1.165, 1.54) is 12.1 Å². The molecule has 21 heavy (non-hydrogen) atoms. The molecule has 0 saturated carbocycles. The van der Waals surface area contributed by atoms with Crippen LogP contribution in [0.15, 0.2) is 48.5 Å². The summed E-state index contributed by atoms with van der Waals surface area (Å²) < 4.78 is 13.2. The van der Waals surface area contributed by atoms with Crippen LogP contribution < -0.4 is 5.32 Å². The number of amides is 1. The third kappa shape index (κ3) is 4.04. The lowest BCUT2D eigenvalue weighted by Gasteiger charge is -2.11. The van der Waals surface area contributed by atoms with Gasteiger partial charge in [0.05, 0.1) is 16.8 Å². The maximum atomic E-state index is 13.2. The van der Waals surface area contributed by atoms with Gasteiger partial charge in [0.2, 0.25) is 5.91 Å². The van der Waals surface area contributed by atoms with Gasteiger partial charge in [-0.2, -0.15) is 5.26 Å². The Balaban J connectivity index is 2.10. The molecule has 2 aromatic rings. The minimum absolute atomic E-state index is 0.162. The van der Waals surface area contributed by atoms with Gasteiger partial charge in [-0.15, -0.1) is 0 Å². The average Bonchev–Trinajstić information content (AvgIpc) is 2.49. The van der Waals surface area contributed by atoms with Crippen LogP contribution in [0.3, 0.4) is 0 Å². The van der Waals surface area contributed by atoms with Gasteiger partial charge in [-0.1, -0.05) is 41.9 Å². The summed E-state index contributed by atoms with van der Waals surface area (Å²) in [6.45, 7) is 0. The Morgan fingerprint density at radius 3 is 2.67 bits per heavy atom. The van der Waals surface area contributed by atoms with Crippen molar-refractivity contribution in [2.75, 3.05) is 5.32 Å². The molecule has 5 heteroatoms. The van der Waals surface area contributed by atoms with E-state index in [0.29, 0.717) is 0 Å².